The summed E-state index contributed by atoms with van der Waals surface area (Å²) in [6.45, 7) is 11.5. The van der Waals surface area contributed by atoms with Crippen LogP contribution in [0.5, 0.6) is 0 Å². The van der Waals surface area contributed by atoms with Crippen molar-refractivity contribution in [2.75, 3.05) is 19.8 Å². The van der Waals surface area contributed by atoms with E-state index in [2.05, 4.69) is 5.32 Å². The first-order valence-electron chi connectivity index (χ1n) is 5.88. The minimum Gasteiger partial charge on any atom is -0.382 e. The van der Waals surface area contributed by atoms with E-state index in [1.807, 2.05) is 34.6 Å². The SMILES string of the molecule is CCOCCCNC(=O)C(C)(C)C(C)(C)N. The van der Waals surface area contributed by atoms with Crippen molar-refractivity contribution in [2.45, 2.75) is 46.6 Å². The molecule has 1 amide bonds. The van der Waals surface area contributed by atoms with E-state index >= 15 is 0 Å². The molecule has 0 aromatic carbocycles. The fourth-order valence-electron chi connectivity index (χ4n) is 1.03. The van der Waals surface area contributed by atoms with Gasteiger partial charge in [-0.25, -0.2) is 0 Å². The Balaban J connectivity index is 3.98. The van der Waals surface area contributed by atoms with Gasteiger partial charge in [0, 0.05) is 25.3 Å². The van der Waals surface area contributed by atoms with Gasteiger partial charge in [-0.15, -0.1) is 0 Å². The van der Waals surface area contributed by atoms with Crippen LogP contribution < -0.4 is 11.1 Å². The highest BCUT2D eigenvalue weighted by atomic mass is 16.5. The molecule has 96 valence electrons. The quantitative estimate of drug-likeness (QED) is 0.648. The number of hydrogen-bond acceptors (Lipinski definition) is 3. The largest absolute Gasteiger partial charge is 0.382 e. The Bertz CT molecular complexity index is 220. The highest BCUT2D eigenvalue weighted by Crippen LogP contribution is 2.28. The summed E-state index contributed by atoms with van der Waals surface area (Å²) in [6, 6.07) is 0. The molecule has 3 N–H and O–H groups in total. The smallest absolute Gasteiger partial charge is 0.227 e. The van der Waals surface area contributed by atoms with Crippen molar-refractivity contribution in [1.29, 1.82) is 0 Å². The Morgan fingerprint density at radius 3 is 2.31 bits per heavy atom. The molecule has 0 rings (SSSR count). The Kier molecular flexibility index (Phi) is 5.97. The second-order valence-electron chi connectivity index (χ2n) is 5.15. The lowest BCUT2D eigenvalue weighted by atomic mass is 9.74. The first-order valence-corrected chi connectivity index (χ1v) is 5.88. The molecular weight excluding hydrogens is 204 g/mol. The lowest BCUT2D eigenvalue weighted by molar-refractivity contribution is -0.132. The maximum absolute atomic E-state index is 11.9. The monoisotopic (exact) mass is 230 g/mol. The fraction of sp³-hybridized carbons (Fsp3) is 0.917. The summed E-state index contributed by atoms with van der Waals surface area (Å²) in [5.74, 6) is -0.00324. The minimum absolute atomic E-state index is 0.00324. The predicted molar refractivity (Wildman–Crippen MR) is 66.2 cm³/mol. The third kappa shape index (κ3) is 4.49. The number of carbonyl (C=O) groups excluding carboxylic acids is 1. The number of rotatable bonds is 7. The van der Waals surface area contributed by atoms with Gasteiger partial charge in [-0.05, 0) is 41.0 Å². The van der Waals surface area contributed by atoms with Gasteiger partial charge in [-0.1, -0.05) is 0 Å². The van der Waals surface area contributed by atoms with Crippen LogP contribution in [0.2, 0.25) is 0 Å². The molecule has 0 unspecified atom stereocenters. The average molecular weight is 230 g/mol. The maximum atomic E-state index is 11.9. The van der Waals surface area contributed by atoms with Crippen molar-refractivity contribution in [1.82, 2.24) is 5.32 Å². The van der Waals surface area contributed by atoms with Crippen molar-refractivity contribution in [2.24, 2.45) is 11.1 Å². The summed E-state index contributed by atoms with van der Waals surface area (Å²) in [7, 11) is 0. The Morgan fingerprint density at radius 2 is 1.88 bits per heavy atom. The maximum Gasteiger partial charge on any atom is 0.227 e. The van der Waals surface area contributed by atoms with Crippen LogP contribution in [0.25, 0.3) is 0 Å². The standard InChI is InChI=1S/C12H26N2O2/c1-6-16-9-7-8-14-10(15)11(2,3)12(4,5)13/h6-9,13H2,1-5H3,(H,14,15). The molecular formula is C12H26N2O2. The fourth-order valence-corrected chi connectivity index (χ4v) is 1.03. The zero-order valence-electron chi connectivity index (χ0n) is 11.2. The van der Waals surface area contributed by atoms with E-state index in [0.29, 0.717) is 13.2 Å². The van der Waals surface area contributed by atoms with E-state index in [1.165, 1.54) is 0 Å². The summed E-state index contributed by atoms with van der Waals surface area (Å²) in [5.41, 5.74) is 4.88. The van der Waals surface area contributed by atoms with Gasteiger partial charge in [0.25, 0.3) is 0 Å². The van der Waals surface area contributed by atoms with Crippen molar-refractivity contribution in [3.8, 4) is 0 Å². The van der Waals surface area contributed by atoms with Crippen LogP contribution in [0.1, 0.15) is 41.0 Å². The molecule has 4 nitrogen and oxygen atoms in total. The third-order valence-electron chi connectivity index (χ3n) is 3.13. The van der Waals surface area contributed by atoms with Crippen LogP contribution in [0.4, 0.5) is 0 Å². The second kappa shape index (κ2) is 6.21. The number of amides is 1. The molecule has 0 saturated heterocycles. The molecule has 0 radical (unpaired) electrons. The molecule has 0 heterocycles. The molecule has 0 aromatic heterocycles. The summed E-state index contributed by atoms with van der Waals surface area (Å²) in [4.78, 5) is 11.9. The molecule has 0 saturated carbocycles. The van der Waals surface area contributed by atoms with Gasteiger partial charge in [-0.2, -0.15) is 0 Å². The molecule has 0 aliphatic rings. The molecule has 0 atom stereocenters. The van der Waals surface area contributed by atoms with Gasteiger partial charge in [0.05, 0.1) is 5.41 Å². The number of carbonyl (C=O) groups is 1. The molecule has 16 heavy (non-hydrogen) atoms. The van der Waals surface area contributed by atoms with Crippen LogP contribution in [-0.2, 0) is 9.53 Å². The van der Waals surface area contributed by atoms with Gasteiger partial charge in [0.15, 0.2) is 0 Å². The molecule has 0 bridgehead atoms. The van der Waals surface area contributed by atoms with E-state index in [-0.39, 0.29) is 5.91 Å². The Hall–Kier alpha value is -0.610. The van der Waals surface area contributed by atoms with Crippen LogP contribution in [0.15, 0.2) is 0 Å². The zero-order valence-corrected chi connectivity index (χ0v) is 11.2. The van der Waals surface area contributed by atoms with Gasteiger partial charge in [0.1, 0.15) is 0 Å². The van der Waals surface area contributed by atoms with Gasteiger partial charge < -0.3 is 15.8 Å². The summed E-state index contributed by atoms with van der Waals surface area (Å²) >= 11 is 0. The highest BCUT2D eigenvalue weighted by Gasteiger charge is 2.39. The van der Waals surface area contributed by atoms with Gasteiger partial charge >= 0.3 is 0 Å². The zero-order chi connectivity index (χ0) is 12.8. The normalized spacial score (nSPS) is 12.6. The summed E-state index contributed by atoms with van der Waals surface area (Å²) in [5, 5.41) is 2.89. The van der Waals surface area contributed by atoms with E-state index in [9.17, 15) is 4.79 Å². The topological polar surface area (TPSA) is 64.3 Å². The number of nitrogens with two attached hydrogens (primary N) is 1. The third-order valence-corrected chi connectivity index (χ3v) is 3.13. The Morgan fingerprint density at radius 1 is 1.31 bits per heavy atom. The van der Waals surface area contributed by atoms with Crippen LogP contribution >= 0.6 is 0 Å². The van der Waals surface area contributed by atoms with E-state index in [0.717, 1.165) is 13.0 Å². The lowest BCUT2D eigenvalue weighted by Gasteiger charge is -2.36. The molecule has 0 aromatic rings. The van der Waals surface area contributed by atoms with Crippen LogP contribution in [0, 0.1) is 5.41 Å². The first kappa shape index (κ1) is 15.4. The van der Waals surface area contributed by atoms with Crippen molar-refractivity contribution in [3.05, 3.63) is 0 Å². The average Bonchev–Trinajstić information content (AvgIpc) is 2.15. The van der Waals surface area contributed by atoms with E-state index in [4.69, 9.17) is 10.5 Å². The van der Waals surface area contributed by atoms with Crippen LogP contribution in [-0.4, -0.2) is 31.2 Å². The Labute approximate surface area is 98.9 Å². The summed E-state index contributed by atoms with van der Waals surface area (Å²) < 4.78 is 5.19. The van der Waals surface area contributed by atoms with Gasteiger partial charge in [0.2, 0.25) is 5.91 Å². The number of nitrogens with one attached hydrogen (secondary N) is 1. The van der Waals surface area contributed by atoms with E-state index in [1.54, 1.807) is 0 Å². The molecule has 0 spiro atoms. The molecule has 0 aliphatic heterocycles. The number of ether oxygens (including phenoxy) is 1. The van der Waals surface area contributed by atoms with Crippen molar-refractivity contribution in [3.63, 3.8) is 0 Å². The van der Waals surface area contributed by atoms with Crippen molar-refractivity contribution < 1.29 is 9.53 Å². The molecule has 0 fully saturated rings. The van der Waals surface area contributed by atoms with Crippen molar-refractivity contribution >= 4 is 5.91 Å². The highest BCUT2D eigenvalue weighted by molar-refractivity contribution is 5.83. The lowest BCUT2D eigenvalue weighted by Crippen LogP contribution is -2.55. The van der Waals surface area contributed by atoms with E-state index < -0.39 is 11.0 Å². The second-order valence-corrected chi connectivity index (χ2v) is 5.15. The summed E-state index contributed by atoms with van der Waals surface area (Å²) in [6.07, 6.45) is 0.834. The molecule has 0 aliphatic carbocycles. The first-order chi connectivity index (χ1) is 7.23. The predicted octanol–water partition coefficient (Wildman–Crippen LogP) is 1.29. The minimum atomic E-state index is -0.571. The molecule has 4 heteroatoms. The van der Waals surface area contributed by atoms with Gasteiger partial charge in [-0.3, -0.25) is 4.79 Å². The number of hydrogen-bond donors (Lipinski definition) is 2. The van der Waals surface area contributed by atoms with Crippen LogP contribution in [0.3, 0.4) is 0 Å².